The number of benzene rings is 1. The molecular formula is C16H25N3S. The highest BCUT2D eigenvalue weighted by atomic mass is 32.2. The first-order valence-electron chi connectivity index (χ1n) is 7.39. The van der Waals surface area contributed by atoms with Crippen molar-refractivity contribution in [3.8, 4) is 0 Å². The molecule has 0 amide bonds. The maximum absolute atomic E-state index is 4.28. The predicted molar refractivity (Wildman–Crippen MR) is 89.7 cm³/mol. The summed E-state index contributed by atoms with van der Waals surface area (Å²) in [6.45, 7) is 4.06. The van der Waals surface area contributed by atoms with Gasteiger partial charge in [-0.25, -0.2) is 0 Å². The van der Waals surface area contributed by atoms with Crippen LogP contribution in [0.1, 0.15) is 24.0 Å². The van der Waals surface area contributed by atoms with Gasteiger partial charge in [0.15, 0.2) is 5.96 Å². The number of hydrogen-bond acceptors (Lipinski definition) is 2. The van der Waals surface area contributed by atoms with Gasteiger partial charge in [0, 0.05) is 25.4 Å². The summed E-state index contributed by atoms with van der Waals surface area (Å²) in [5.74, 6) is 2.23. The third-order valence-corrected chi connectivity index (χ3v) is 4.97. The van der Waals surface area contributed by atoms with E-state index in [1.54, 1.807) is 0 Å². The van der Waals surface area contributed by atoms with E-state index in [2.05, 4.69) is 58.6 Å². The largest absolute Gasteiger partial charge is 0.356 e. The van der Waals surface area contributed by atoms with Crippen molar-refractivity contribution in [2.24, 2.45) is 4.99 Å². The van der Waals surface area contributed by atoms with E-state index in [0.29, 0.717) is 0 Å². The monoisotopic (exact) mass is 291 g/mol. The second-order valence-corrected chi connectivity index (χ2v) is 6.66. The lowest BCUT2D eigenvalue weighted by Crippen LogP contribution is -2.40. The van der Waals surface area contributed by atoms with Crippen molar-refractivity contribution in [2.75, 3.05) is 25.9 Å². The highest BCUT2D eigenvalue weighted by molar-refractivity contribution is 8.00. The molecule has 0 aromatic heterocycles. The topological polar surface area (TPSA) is 36.4 Å². The number of nitrogens with one attached hydrogen (secondary N) is 2. The molecule has 2 N–H and O–H groups in total. The van der Waals surface area contributed by atoms with Gasteiger partial charge in [0.25, 0.3) is 0 Å². The van der Waals surface area contributed by atoms with Crippen LogP contribution in [0, 0.1) is 6.92 Å². The van der Waals surface area contributed by atoms with E-state index in [-0.39, 0.29) is 0 Å². The van der Waals surface area contributed by atoms with E-state index in [1.807, 2.05) is 7.05 Å². The Morgan fingerprint density at radius 3 is 2.75 bits per heavy atom. The van der Waals surface area contributed by atoms with Gasteiger partial charge < -0.3 is 10.6 Å². The van der Waals surface area contributed by atoms with Crippen LogP contribution < -0.4 is 10.6 Å². The van der Waals surface area contributed by atoms with Gasteiger partial charge in [-0.05, 0) is 37.5 Å². The lowest BCUT2D eigenvalue weighted by molar-refractivity contribution is 0.724. The fraction of sp³-hybridized carbons (Fsp3) is 0.562. The number of hydrogen-bond donors (Lipinski definition) is 2. The molecule has 0 bridgehead atoms. The Labute approximate surface area is 126 Å². The Kier molecular flexibility index (Phi) is 6.25. The van der Waals surface area contributed by atoms with E-state index in [0.717, 1.165) is 30.7 Å². The number of guanidine groups is 1. The zero-order valence-electron chi connectivity index (χ0n) is 12.5. The van der Waals surface area contributed by atoms with Crippen molar-refractivity contribution in [3.63, 3.8) is 0 Å². The Morgan fingerprint density at radius 1 is 1.30 bits per heavy atom. The van der Waals surface area contributed by atoms with Crippen molar-refractivity contribution >= 4 is 17.7 Å². The fourth-order valence-corrected chi connectivity index (χ4v) is 3.52. The van der Waals surface area contributed by atoms with E-state index >= 15 is 0 Å². The SMILES string of the molecule is CN=C(NCCc1ccc(C)cc1)NCC1CCCS1. The third kappa shape index (κ3) is 5.08. The van der Waals surface area contributed by atoms with E-state index in [1.165, 1.54) is 29.7 Å². The standard InChI is InChI=1S/C16H25N3S/c1-13-5-7-14(8-6-13)9-10-18-16(17-2)19-12-15-4-3-11-20-15/h5-8,15H,3-4,9-12H2,1-2H3,(H2,17,18,19). The molecule has 0 spiro atoms. The van der Waals surface area contributed by atoms with Crippen LogP contribution in [0.25, 0.3) is 0 Å². The molecule has 1 aromatic rings. The number of aryl methyl sites for hydroxylation is 1. The molecular weight excluding hydrogens is 266 g/mol. The Hall–Kier alpha value is -1.16. The molecule has 1 aromatic carbocycles. The van der Waals surface area contributed by atoms with Crippen LogP contribution in [-0.4, -0.2) is 37.1 Å². The van der Waals surface area contributed by atoms with Crippen molar-refractivity contribution in [1.29, 1.82) is 0 Å². The molecule has 3 nitrogen and oxygen atoms in total. The average Bonchev–Trinajstić information content (AvgIpc) is 2.98. The zero-order chi connectivity index (χ0) is 14.2. The van der Waals surface area contributed by atoms with Crippen LogP contribution in [0.5, 0.6) is 0 Å². The second-order valence-electron chi connectivity index (χ2n) is 5.25. The second kappa shape index (κ2) is 8.20. The number of thioether (sulfide) groups is 1. The molecule has 1 heterocycles. The van der Waals surface area contributed by atoms with Crippen LogP contribution in [-0.2, 0) is 6.42 Å². The molecule has 1 fully saturated rings. The molecule has 1 saturated heterocycles. The van der Waals surface area contributed by atoms with Crippen molar-refractivity contribution in [3.05, 3.63) is 35.4 Å². The Morgan fingerprint density at radius 2 is 2.10 bits per heavy atom. The van der Waals surface area contributed by atoms with E-state index in [9.17, 15) is 0 Å². The maximum atomic E-state index is 4.28. The van der Waals surface area contributed by atoms with Gasteiger partial charge in [-0.15, -0.1) is 0 Å². The maximum Gasteiger partial charge on any atom is 0.191 e. The van der Waals surface area contributed by atoms with Gasteiger partial charge in [0.1, 0.15) is 0 Å². The molecule has 1 aliphatic heterocycles. The molecule has 20 heavy (non-hydrogen) atoms. The van der Waals surface area contributed by atoms with Gasteiger partial charge in [0.05, 0.1) is 0 Å². The fourth-order valence-electron chi connectivity index (χ4n) is 2.32. The zero-order valence-corrected chi connectivity index (χ0v) is 13.3. The van der Waals surface area contributed by atoms with Crippen molar-refractivity contribution in [1.82, 2.24) is 10.6 Å². The smallest absolute Gasteiger partial charge is 0.191 e. The van der Waals surface area contributed by atoms with Crippen molar-refractivity contribution in [2.45, 2.75) is 31.4 Å². The predicted octanol–water partition coefficient (Wildman–Crippen LogP) is 2.60. The molecule has 1 aliphatic rings. The summed E-state index contributed by atoms with van der Waals surface area (Å²) >= 11 is 2.07. The van der Waals surface area contributed by atoms with Gasteiger partial charge >= 0.3 is 0 Å². The van der Waals surface area contributed by atoms with Gasteiger partial charge in [0.2, 0.25) is 0 Å². The van der Waals surface area contributed by atoms with E-state index < -0.39 is 0 Å². The van der Waals surface area contributed by atoms with Gasteiger partial charge in [-0.1, -0.05) is 29.8 Å². The third-order valence-electron chi connectivity index (χ3n) is 3.57. The summed E-state index contributed by atoms with van der Waals surface area (Å²) in [7, 11) is 1.84. The molecule has 1 atom stereocenters. The van der Waals surface area contributed by atoms with Gasteiger partial charge in [-0.3, -0.25) is 4.99 Å². The highest BCUT2D eigenvalue weighted by Crippen LogP contribution is 2.25. The normalized spacial score (nSPS) is 19.1. The lowest BCUT2D eigenvalue weighted by Gasteiger charge is -2.14. The molecule has 0 saturated carbocycles. The first-order chi connectivity index (χ1) is 9.78. The summed E-state index contributed by atoms with van der Waals surface area (Å²) in [6, 6.07) is 8.73. The first-order valence-corrected chi connectivity index (χ1v) is 8.44. The van der Waals surface area contributed by atoms with Crippen LogP contribution >= 0.6 is 11.8 Å². The summed E-state index contributed by atoms with van der Waals surface area (Å²) in [5, 5.41) is 7.57. The molecule has 4 heteroatoms. The minimum atomic E-state index is 0.755. The van der Waals surface area contributed by atoms with E-state index in [4.69, 9.17) is 0 Å². The summed E-state index contributed by atoms with van der Waals surface area (Å²) < 4.78 is 0. The Balaban J connectivity index is 1.66. The minimum absolute atomic E-state index is 0.755. The molecule has 110 valence electrons. The summed E-state index contributed by atoms with van der Waals surface area (Å²) in [5.41, 5.74) is 2.68. The summed E-state index contributed by atoms with van der Waals surface area (Å²) in [4.78, 5) is 4.28. The van der Waals surface area contributed by atoms with Crippen molar-refractivity contribution < 1.29 is 0 Å². The first kappa shape index (κ1) is 15.2. The number of rotatable bonds is 5. The number of nitrogens with zero attached hydrogens (tertiary/aromatic N) is 1. The summed E-state index contributed by atoms with van der Waals surface area (Å²) in [6.07, 6.45) is 3.72. The molecule has 2 rings (SSSR count). The van der Waals surface area contributed by atoms with Crippen LogP contribution in [0.15, 0.2) is 29.3 Å². The highest BCUT2D eigenvalue weighted by Gasteiger charge is 2.15. The average molecular weight is 291 g/mol. The van der Waals surface area contributed by atoms with Gasteiger partial charge in [-0.2, -0.15) is 11.8 Å². The molecule has 0 aliphatic carbocycles. The quantitative estimate of drug-likeness (QED) is 0.647. The number of aliphatic imine (C=N–C) groups is 1. The lowest BCUT2D eigenvalue weighted by atomic mass is 10.1. The minimum Gasteiger partial charge on any atom is -0.356 e. The van der Waals surface area contributed by atoms with Crippen LogP contribution in [0.4, 0.5) is 0 Å². The molecule has 1 unspecified atom stereocenters. The van der Waals surface area contributed by atoms with Crippen LogP contribution in [0.3, 0.4) is 0 Å². The Bertz CT molecular complexity index is 422. The van der Waals surface area contributed by atoms with Crippen LogP contribution in [0.2, 0.25) is 0 Å². The molecule has 0 radical (unpaired) electrons.